The normalized spacial score (nSPS) is 21.2. The third-order valence-corrected chi connectivity index (χ3v) is 5.98. The first-order valence-electron chi connectivity index (χ1n) is 9.82. The van der Waals surface area contributed by atoms with Gasteiger partial charge in [0.25, 0.3) is 0 Å². The summed E-state index contributed by atoms with van der Waals surface area (Å²) in [6.45, 7) is 9.33. The molecular formula is C21H34ClN3O. The minimum absolute atomic E-state index is 0. The second-order valence-corrected chi connectivity index (χ2v) is 8.32. The van der Waals surface area contributed by atoms with Crippen molar-refractivity contribution in [2.45, 2.75) is 45.6 Å². The number of nitrogens with two attached hydrogens (primary N) is 1. The number of nitrogens with zero attached hydrogens (tertiary/aromatic N) is 2. The Balaban J connectivity index is 0.00000243. The van der Waals surface area contributed by atoms with Crippen molar-refractivity contribution < 1.29 is 4.79 Å². The van der Waals surface area contributed by atoms with Gasteiger partial charge in [0.1, 0.15) is 0 Å². The van der Waals surface area contributed by atoms with Gasteiger partial charge in [-0.25, -0.2) is 0 Å². The van der Waals surface area contributed by atoms with Gasteiger partial charge in [0.05, 0.1) is 5.41 Å². The highest BCUT2D eigenvalue weighted by Gasteiger charge is 2.47. The molecule has 3 rings (SSSR count). The topological polar surface area (TPSA) is 49.6 Å². The Kier molecular flexibility index (Phi) is 7.51. The Morgan fingerprint density at radius 1 is 1.08 bits per heavy atom. The Morgan fingerprint density at radius 3 is 2.31 bits per heavy atom. The highest BCUT2D eigenvalue weighted by Crippen LogP contribution is 2.41. The second kappa shape index (κ2) is 9.20. The molecule has 26 heavy (non-hydrogen) atoms. The van der Waals surface area contributed by atoms with E-state index in [1.807, 2.05) is 6.07 Å². The molecule has 0 radical (unpaired) electrons. The molecule has 0 saturated carbocycles. The molecule has 4 nitrogen and oxygen atoms in total. The molecule has 2 fully saturated rings. The first kappa shape index (κ1) is 21.2. The fraction of sp³-hybridized carbons (Fsp3) is 0.667. The molecule has 2 saturated heterocycles. The zero-order valence-corrected chi connectivity index (χ0v) is 17.0. The van der Waals surface area contributed by atoms with E-state index in [1.54, 1.807) is 0 Å². The van der Waals surface area contributed by atoms with Gasteiger partial charge in [0.2, 0.25) is 5.91 Å². The number of amides is 1. The number of piperidine rings is 1. The number of likely N-dealkylation sites (tertiary alicyclic amines) is 2. The van der Waals surface area contributed by atoms with Gasteiger partial charge in [-0.3, -0.25) is 4.79 Å². The van der Waals surface area contributed by atoms with Gasteiger partial charge in [0, 0.05) is 19.1 Å². The molecular weight excluding hydrogens is 346 g/mol. The van der Waals surface area contributed by atoms with Gasteiger partial charge in [-0.1, -0.05) is 44.2 Å². The molecule has 1 spiro atoms. The lowest BCUT2D eigenvalue weighted by molar-refractivity contribution is -0.138. The summed E-state index contributed by atoms with van der Waals surface area (Å²) in [6.07, 6.45) is 4.06. The van der Waals surface area contributed by atoms with Crippen LogP contribution in [0.4, 0.5) is 0 Å². The number of benzene rings is 1. The van der Waals surface area contributed by atoms with Crippen LogP contribution in [0.25, 0.3) is 0 Å². The number of hydrogen-bond donors (Lipinski definition) is 1. The molecule has 2 heterocycles. The van der Waals surface area contributed by atoms with E-state index in [9.17, 15) is 4.79 Å². The monoisotopic (exact) mass is 379 g/mol. The first-order valence-corrected chi connectivity index (χ1v) is 9.82. The van der Waals surface area contributed by atoms with Crippen molar-refractivity contribution in [1.29, 1.82) is 0 Å². The fourth-order valence-corrected chi connectivity index (χ4v) is 4.36. The van der Waals surface area contributed by atoms with Crippen LogP contribution in [-0.2, 0) is 4.79 Å². The fourth-order valence-electron chi connectivity index (χ4n) is 4.36. The van der Waals surface area contributed by atoms with Crippen molar-refractivity contribution in [3.63, 3.8) is 0 Å². The Bertz CT molecular complexity index is 570. The standard InChI is InChI=1S/C21H33N3O.ClH/c1-17(2)16-24-15-11-21(20(24)25)9-13-23(14-10-21)12-8-19(22)18-6-4-3-5-7-18;/h3-7,17,19H,8-16,22H2,1-2H3;1H/t19-;/m0./s1. The van der Waals surface area contributed by atoms with Crippen molar-refractivity contribution in [1.82, 2.24) is 9.80 Å². The lowest BCUT2D eigenvalue weighted by Crippen LogP contribution is -2.45. The molecule has 2 aliphatic rings. The molecule has 1 aromatic carbocycles. The van der Waals surface area contributed by atoms with Crippen LogP contribution in [0.3, 0.4) is 0 Å². The number of rotatable bonds is 6. The lowest BCUT2D eigenvalue weighted by atomic mass is 9.77. The van der Waals surface area contributed by atoms with Gasteiger partial charge >= 0.3 is 0 Å². The molecule has 0 unspecified atom stereocenters. The summed E-state index contributed by atoms with van der Waals surface area (Å²) in [5.41, 5.74) is 7.48. The van der Waals surface area contributed by atoms with Crippen LogP contribution in [0.5, 0.6) is 0 Å². The summed E-state index contributed by atoms with van der Waals surface area (Å²) in [4.78, 5) is 17.5. The van der Waals surface area contributed by atoms with Crippen molar-refractivity contribution in [2.24, 2.45) is 17.1 Å². The smallest absolute Gasteiger partial charge is 0.228 e. The van der Waals surface area contributed by atoms with E-state index in [2.05, 4.69) is 47.9 Å². The van der Waals surface area contributed by atoms with Crippen LogP contribution in [0, 0.1) is 11.3 Å². The second-order valence-electron chi connectivity index (χ2n) is 8.32. The van der Waals surface area contributed by atoms with E-state index >= 15 is 0 Å². The van der Waals surface area contributed by atoms with Gasteiger partial charge in [-0.2, -0.15) is 0 Å². The highest BCUT2D eigenvalue weighted by atomic mass is 35.5. The van der Waals surface area contributed by atoms with Crippen molar-refractivity contribution in [3.05, 3.63) is 35.9 Å². The van der Waals surface area contributed by atoms with Gasteiger partial charge in [0.15, 0.2) is 0 Å². The van der Waals surface area contributed by atoms with Gasteiger partial charge in [-0.15, -0.1) is 12.4 Å². The molecule has 146 valence electrons. The lowest BCUT2D eigenvalue weighted by Gasteiger charge is -2.38. The van der Waals surface area contributed by atoms with Crippen molar-refractivity contribution in [3.8, 4) is 0 Å². The maximum Gasteiger partial charge on any atom is 0.228 e. The molecule has 0 aliphatic carbocycles. The average molecular weight is 380 g/mol. The van der Waals surface area contributed by atoms with Gasteiger partial charge < -0.3 is 15.5 Å². The van der Waals surface area contributed by atoms with E-state index in [0.717, 1.165) is 58.4 Å². The summed E-state index contributed by atoms with van der Waals surface area (Å²) in [6, 6.07) is 10.4. The van der Waals surface area contributed by atoms with Crippen LogP contribution in [0.1, 0.15) is 51.1 Å². The first-order chi connectivity index (χ1) is 12.0. The summed E-state index contributed by atoms with van der Waals surface area (Å²) < 4.78 is 0. The summed E-state index contributed by atoms with van der Waals surface area (Å²) in [5, 5.41) is 0. The van der Waals surface area contributed by atoms with Crippen LogP contribution >= 0.6 is 12.4 Å². The summed E-state index contributed by atoms with van der Waals surface area (Å²) in [5.74, 6) is 0.973. The molecule has 1 atom stereocenters. The zero-order chi connectivity index (χ0) is 17.9. The minimum Gasteiger partial charge on any atom is -0.342 e. The molecule has 1 aromatic rings. The summed E-state index contributed by atoms with van der Waals surface area (Å²) >= 11 is 0. The molecule has 2 aliphatic heterocycles. The molecule has 0 bridgehead atoms. The van der Waals surface area contributed by atoms with E-state index in [0.29, 0.717) is 11.8 Å². The van der Waals surface area contributed by atoms with E-state index < -0.39 is 0 Å². The van der Waals surface area contributed by atoms with Crippen LogP contribution in [-0.4, -0.2) is 48.4 Å². The zero-order valence-electron chi connectivity index (χ0n) is 16.2. The molecule has 5 heteroatoms. The largest absolute Gasteiger partial charge is 0.342 e. The Morgan fingerprint density at radius 2 is 1.69 bits per heavy atom. The van der Waals surface area contributed by atoms with Crippen LogP contribution < -0.4 is 5.73 Å². The molecule has 1 amide bonds. The van der Waals surface area contributed by atoms with E-state index in [1.165, 1.54) is 5.56 Å². The minimum atomic E-state index is -0.0626. The number of hydrogen-bond acceptors (Lipinski definition) is 3. The summed E-state index contributed by atoms with van der Waals surface area (Å²) in [7, 11) is 0. The van der Waals surface area contributed by atoms with E-state index in [-0.39, 0.29) is 23.9 Å². The number of carbonyl (C=O) groups is 1. The van der Waals surface area contributed by atoms with Crippen molar-refractivity contribution in [2.75, 3.05) is 32.7 Å². The van der Waals surface area contributed by atoms with Crippen LogP contribution in [0.2, 0.25) is 0 Å². The third kappa shape index (κ3) is 4.79. The predicted octanol–water partition coefficient (Wildman–Crippen LogP) is 3.47. The molecule has 2 N–H and O–H groups in total. The van der Waals surface area contributed by atoms with Gasteiger partial charge in [-0.05, 0) is 56.8 Å². The SMILES string of the molecule is CC(C)CN1CCC2(CCN(CC[C@H](N)c3ccccc3)CC2)C1=O.Cl. The average Bonchev–Trinajstić information content (AvgIpc) is 2.91. The quantitative estimate of drug-likeness (QED) is 0.823. The Labute approximate surface area is 164 Å². The predicted molar refractivity (Wildman–Crippen MR) is 109 cm³/mol. The number of halogens is 1. The van der Waals surface area contributed by atoms with Crippen molar-refractivity contribution >= 4 is 18.3 Å². The highest BCUT2D eigenvalue weighted by molar-refractivity contribution is 5.85. The Hall–Kier alpha value is -1.10. The van der Waals surface area contributed by atoms with Crippen LogP contribution in [0.15, 0.2) is 30.3 Å². The maximum absolute atomic E-state index is 12.9. The van der Waals surface area contributed by atoms with E-state index in [4.69, 9.17) is 5.73 Å². The third-order valence-electron chi connectivity index (χ3n) is 5.98. The number of carbonyl (C=O) groups excluding carboxylic acids is 1. The molecule has 0 aromatic heterocycles. The maximum atomic E-state index is 12.9.